The molecular weight excluding hydrogens is 248 g/mol. The third-order valence-corrected chi connectivity index (χ3v) is 3.17. The number of benzene rings is 1. The summed E-state index contributed by atoms with van der Waals surface area (Å²) in [6.45, 7) is 6.67. The van der Waals surface area contributed by atoms with E-state index in [1.54, 1.807) is 7.11 Å². The molecule has 3 nitrogen and oxygen atoms in total. The van der Waals surface area contributed by atoms with Gasteiger partial charge in [-0.05, 0) is 43.6 Å². The van der Waals surface area contributed by atoms with Gasteiger partial charge in [-0.15, -0.1) is 0 Å². The van der Waals surface area contributed by atoms with E-state index in [4.69, 9.17) is 16.3 Å². The molecule has 0 atom stereocenters. The summed E-state index contributed by atoms with van der Waals surface area (Å²) in [5.41, 5.74) is 2.42. The summed E-state index contributed by atoms with van der Waals surface area (Å²) in [5.74, 6) is 0. The van der Waals surface area contributed by atoms with E-state index < -0.39 is 0 Å². The van der Waals surface area contributed by atoms with Crippen LogP contribution in [-0.2, 0) is 11.3 Å². The first kappa shape index (κ1) is 15.4. The standard InChI is InChI=1S/C14H23ClN2O/c1-12-10-13(4-5-14(12)15)11-17-7-3-6-16-8-9-18-2/h4-5,10,16-17H,3,6-9,11H2,1-2H3. The SMILES string of the molecule is COCCNCCCNCc1ccc(Cl)c(C)c1. The fourth-order valence-electron chi connectivity index (χ4n) is 1.69. The molecule has 1 aromatic rings. The van der Waals surface area contributed by atoms with Gasteiger partial charge < -0.3 is 15.4 Å². The van der Waals surface area contributed by atoms with Gasteiger partial charge >= 0.3 is 0 Å². The highest BCUT2D eigenvalue weighted by Gasteiger charge is 1.97. The van der Waals surface area contributed by atoms with E-state index in [2.05, 4.69) is 22.8 Å². The van der Waals surface area contributed by atoms with Gasteiger partial charge in [0.05, 0.1) is 6.61 Å². The molecule has 102 valence electrons. The number of methoxy groups -OCH3 is 1. The van der Waals surface area contributed by atoms with Gasteiger partial charge in [0.1, 0.15) is 0 Å². The lowest BCUT2D eigenvalue weighted by Crippen LogP contribution is -2.24. The average Bonchev–Trinajstić information content (AvgIpc) is 2.37. The molecule has 0 spiro atoms. The van der Waals surface area contributed by atoms with Gasteiger partial charge in [-0.1, -0.05) is 23.7 Å². The van der Waals surface area contributed by atoms with E-state index in [-0.39, 0.29) is 0 Å². The lowest BCUT2D eigenvalue weighted by molar-refractivity contribution is 0.199. The first-order chi connectivity index (χ1) is 8.74. The Labute approximate surface area is 115 Å². The monoisotopic (exact) mass is 270 g/mol. The highest BCUT2D eigenvalue weighted by molar-refractivity contribution is 6.31. The van der Waals surface area contributed by atoms with Crippen molar-refractivity contribution in [2.75, 3.05) is 33.4 Å². The minimum atomic E-state index is 0.775. The summed E-state index contributed by atoms with van der Waals surface area (Å²) in [4.78, 5) is 0. The Bertz CT molecular complexity index is 345. The largest absolute Gasteiger partial charge is 0.383 e. The smallest absolute Gasteiger partial charge is 0.0587 e. The van der Waals surface area contributed by atoms with Crippen molar-refractivity contribution in [3.8, 4) is 0 Å². The van der Waals surface area contributed by atoms with Gasteiger partial charge in [-0.2, -0.15) is 0 Å². The fourth-order valence-corrected chi connectivity index (χ4v) is 1.80. The quantitative estimate of drug-likeness (QED) is 0.676. The molecule has 1 rings (SSSR count). The van der Waals surface area contributed by atoms with Gasteiger partial charge in [-0.25, -0.2) is 0 Å². The van der Waals surface area contributed by atoms with Crippen LogP contribution in [0.25, 0.3) is 0 Å². The third-order valence-electron chi connectivity index (χ3n) is 2.74. The highest BCUT2D eigenvalue weighted by Crippen LogP contribution is 2.15. The summed E-state index contributed by atoms with van der Waals surface area (Å²) in [5, 5.41) is 7.58. The number of nitrogens with one attached hydrogen (secondary N) is 2. The van der Waals surface area contributed by atoms with Crippen LogP contribution in [0.4, 0.5) is 0 Å². The number of rotatable bonds is 9. The van der Waals surface area contributed by atoms with E-state index in [0.717, 1.165) is 49.8 Å². The van der Waals surface area contributed by atoms with Crippen molar-refractivity contribution < 1.29 is 4.74 Å². The van der Waals surface area contributed by atoms with Gasteiger partial charge in [-0.3, -0.25) is 0 Å². The van der Waals surface area contributed by atoms with E-state index in [1.165, 1.54) is 5.56 Å². The zero-order valence-electron chi connectivity index (χ0n) is 11.3. The van der Waals surface area contributed by atoms with Crippen LogP contribution in [0.3, 0.4) is 0 Å². The van der Waals surface area contributed by atoms with Gasteiger partial charge in [0.2, 0.25) is 0 Å². The molecule has 0 aliphatic carbocycles. The van der Waals surface area contributed by atoms with Crippen molar-refractivity contribution in [3.63, 3.8) is 0 Å². The highest BCUT2D eigenvalue weighted by atomic mass is 35.5. The molecule has 4 heteroatoms. The maximum Gasteiger partial charge on any atom is 0.0587 e. The Morgan fingerprint density at radius 3 is 2.67 bits per heavy atom. The van der Waals surface area contributed by atoms with Crippen LogP contribution in [0, 0.1) is 6.92 Å². The number of halogens is 1. The van der Waals surface area contributed by atoms with Crippen LogP contribution in [-0.4, -0.2) is 33.4 Å². The van der Waals surface area contributed by atoms with Crippen LogP contribution in [0.2, 0.25) is 5.02 Å². The van der Waals surface area contributed by atoms with Crippen molar-refractivity contribution in [1.29, 1.82) is 0 Å². The number of aryl methyl sites for hydroxylation is 1. The Morgan fingerprint density at radius 2 is 1.94 bits per heavy atom. The van der Waals surface area contributed by atoms with Crippen LogP contribution in [0.15, 0.2) is 18.2 Å². The van der Waals surface area contributed by atoms with Crippen molar-refractivity contribution in [3.05, 3.63) is 34.3 Å². The number of hydrogen-bond donors (Lipinski definition) is 2. The molecule has 0 saturated heterocycles. The van der Waals surface area contributed by atoms with E-state index in [9.17, 15) is 0 Å². The average molecular weight is 271 g/mol. The molecule has 0 radical (unpaired) electrons. The third kappa shape index (κ3) is 6.36. The second-order valence-electron chi connectivity index (χ2n) is 4.36. The molecule has 0 aliphatic heterocycles. The molecule has 0 aromatic heterocycles. The number of ether oxygens (including phenoxy) is 1. The summed E-state index contributed by atoms with van der Waals surface area (Å²) < 4.78 is 4.96. The second-order valence-corrected chi connectivity index (χ2v) is 4.76. The Balaban J connectivity index is 2.05. The van der Waals surface area contributed by atoms with Crippen LogP contribution < -0.4 is 10.6 Å². The fraction of sp³-hybridized carbons (Fsp3) is 0.571. The molecule has 0 aliphatic rings. The lowest BCUT2D eigenvalue weighted by atomic mass is 10.1. The summed E-state index contributed by atoms with van der Waals surface area (Å²) in [7, 11) is 1.72. The summed E-state index contributed by atoms with van der Waals surface area (Å²) in [6.07, 6.45) is 1.12. The van der Waals surface area contributed by atoms with Crippen LogP contribution >= 0.6 is 11.6 Å². The molecule has 2 N–H and O–H groups in total. The predicted molar refractivity (Wildman–Crippen MR) is 77.3 cm³/mol. The molecule has 0 unspecified atom stereocenters. The van der Waals surface area contributed by atoms with E-state index in [1.807, 2.05) is 13.0 Å². The number of hydrogen-bond acceptors (Lipinski definition) is 3. The van der Waals surface area contributed by atoms with Gasteiger partial charge in [0, 0.05) is 25.2 Å². The first-order valence-electron chi connectivity index (χ1n) is 6.39. The maximum absolute atomic E-state index is 5.99. The van der Waals surface area contributed by atoms with E-state index >= 15 is 0 Å². The predicted octanol–water partition coefficient (Wildman–Crippen LogP) is 2.36. The summed E-state index contributed by atoms with van der Waals surface area (Å²) >= 11 is 5.99. The Hall–Kier alpha value is -0.610. The zero-order valence-corrected chi connectivity index (χ0v) is 12.0. The topological polar surface area (TPSA) is 33.3 Å². The van der Waals surface area contributed by atoms with Crippen molar-refractivity contribution in [1.82, 2.24) is 10.6 Å². The lowest BCUT2D eigenvalue weighted by Gasteiger charge is -2.07. The van der Waals surface area contributed by atoms with Crippen molar-refractivity contribution >= 4 is 11.6 Å². The molecular formula is C14H23ClN2O. The molecule has 1 aromatic carbocycles. The maximum atomic E-state index is 5.99. The van der Waals surface area contributed by atoms with E-state index in [0.29, 0.717) is 0 Å². The van der Waals surface area contributed by atoms with Crippen molar-refractivity contribution in [2.24, 2.45) is 0 Å². The molecule has 18 heavy (non-hydrogen) atoms. The molecule has 0 heterocycles. The zero-order chi connectivity index (χ0) is 13.2. The summed E-state index contributed by atoms with van der Waals surface area (Å²) in [6, 6.07) is 6.16. The molecule has 0 fully saturated rings. The first-order valence-corrected chi connectivity index (χ1v) is 6.77. The molecule has 0 bridgehead atoms. The minimum absolute atomic E-state index is 0.775. The van der Waals surface area contributed by atoms with Gasteiger partial charge in [0.25, 0.3) is 0 Å². The second kappa shape index (κ2) is 9.34. The molecule has 0 amide bonds. The van der Waals surface area contributed by atoms with Crippen LogP contribution in [0.1, 0.15) is 17.5 Å². The minimum Gasteiger partial charge on any atom is -0.383 e. The van der Waals surface area contributed by atoms with Gasteiger partial charge in [0.15, 0.2) is 0 Å². The van der Waals surface area contributed by atoms with Crippen molar-refractivity contribution in [2.45, 2.75) is 19.9 Å². The Kier molecular flexibility index (Phi) is 8.01. The Morgan fingerprint density at radius 1 is 1.17 bits per heavy atom. The normalized spacial score (nSPS) is 10.8. The molecule has 0 saturated carbocycles. The van der Waals surface area contributed by atoms with Crippen LogP contribution in [0.5, 0.6) is 0 Å².